The molecule has 5 heteroatoms. The molecule has 0 saturated heterocycles. The van der Waals surface area contributed by atoms with Crippen LogP contribution >= 0.6 is 11.3 Å². The maximum Gasteiger partial charge on any atom is 0.258 e. The second kappa shape index (κ2) is 3.84. The molecule has 0 aromatic carbocycles. The first-order valence-corrected chi connectivity index (χ1v) is 6.03. The third kappa shape index (κ3) is 1.58. The van der Waals surface area contributed by atoms with Crippen LogP contribution in [0.2, 0.25) is 0 Å². The molecule has 1 aliphatic heterocycles. The van der Waals surface area contributed by atoms with Gasteiger partial charge in [0, 0.05) is 25.0 Å². The molecule has 3 rings (SSSR count). The van der Waals surface area contributed by atoms with Crippen LogP contribution in [0.25, 0.3) is 10.5 Å². The summed E-state index contributed by atoms with van der Waals surface area (Å²) in [5, 5.41) is 3.27. The fourth-order valence-electron chi connectivity index (χ4n) is 1.83. The molecule has 2 aromatic rings. The summed E-state index contributed by atoms with van der Waals surface area (Å²) < 4.78 is 1.61. The quantitative estimate of drug-likeness (QED) is 0.803. The normalized spacial score (nSPS) is 16.4. The van der Waals surface area contributed by atoms with E-state index in [4.69, 9.17) is 0 Å². The number of fused-ring (bicyclic) bond motifs is 1. The van der Waals surface area contributed by atoms with Gasteiger partial charge in [-0.3, -0.25) is 9.20 Å². The third-order valence-corrected chi connectivity index (χ3v) is 3.75. The van der Waals surface area contributed by atoms with Gasteiger partial charge in [-0.15, -0.1) is 0 Å². The van der Waals surface area contributed by atoms with Gasteiger partial charge in [-0.2, -0.15) is 0 Å². The standard InChI is InChI=1S/C11H11N3OS/c15-10-3-6-13-11-14(10)7-9(16-11)8-1-4-12-5-2-8/h1,3,6-7,12H,2,4-5H2. The molecule has 0 saturated carbocycles. The van der Waals surface area contributed by atoms with Crippen LogP contribution in [0.3, 0.4) is 0 Å². The van der Waals surface area contributed by atoms with Gasteiger partial charge in [0.25, 0.3) is 5.56 Å². The highest BCUT2D eigenvalue weighted by Crippen LogP contribution is 2.25. The predicted molar refractivity (Wildman–Crippen MR) is 64.8 cm³/mol. The molecule has 0 amide bonds. The fraction of sp³-hybridized carbons (Fsp3) is 0.273. The molecule has 1 N–H and O–H groups in total. The van der Waals surface area contributed by atoms with Crippen LogP contribution in [-0.4, -0.2) is 22.5 Å². The number of nitrogens with one attached hydrogen (secondary N) is 1. The molecule has 0 bridgehead atoms. The molecule has 0 atom stereocenters. The van der Waals surface area contributed by atoms with Gasteiger partial charge >= 0.3 is 0 Å². The zero-order valence-electron chi connectivity index (χ0n) is 8.64. The van der Waals surface area contributed by atoms with E-state index in [1.54, 1.807) is 21.9 Å². The molecule has 0 aliphatic carbocycles. The zero-order valence-corrected chi connectivity index (χ0v) is 9.46. The minimum Gasteiger partial charge on any atom is -0.313 e. The highest BCUT2D eigenvalue weighted by Gasteiger charge is 2.10. The van der Waals surface area contributed by atoms with E-state index in [0.717, 1.165) is 29.3 Å². The van der Waals surface area contributed by atoms with Crippen LogP contribution in [0.4, 0.5) is 0 Å². The lowest BCUT2D eigenvalue weighted by Gasteiger charge is -2.11. The number of nitrogens with zero attached hydrogens (tertiary/aromatic N) is 2. The summed E-state index contributed by atoms with van der Waals surface area (Å²) in [6.07, 6.45) is 6.65. The van der Waals surface area contributed by atoms with Gasteiger partial charge in [0.15, 0.2) is 4.96 Å². The lowest BCUT2D eigenvalue weighted by molar-refractivity contribution is 0.739. The molecule has 2 aromatic heterocycles. The van der Waals surface area contributed by atoms with Crippen LogP contribution in [0.15, 0.2) is 29.3 Å². The summed E-state index contributed by atoms with van der Waals surface area (Å²) in [4.78, 5) is 17.7. The van der Waals surface area contributed by atoms with E-state index in [2.05, 4.69) is 16.4 Å². The summed E-state index contributed by atoms with van der Waals surface area (Å²) in [5.41, 5.74) is 1.30. The van der Waals surface area contributed by atoms with E-state index in [1.165, 1.54) is 11.6 Å². The lowest BCUT2D eigenvalue weighted by Crippen LogP contribution is -2.19. The average molecular weight is 233 g/mol. The second-order valence-corrected chi connectivity index (χ2v) is 4.72. The molecule has 4 nitrogen and oxygen atoms in total. The van der Waals surface area contributed by atoms with Crippen molar-refractivity contribution in [2.45, 2.75) is 6.42 Å². The van der Waals surface area contributed by atoms with Crippen LogP contribution in [-0.2, 0) is 0 Å². The van der Waals surface area contributed by atoms with E-state index in [-0.39, 0.29) is 5.56 Å². The number of aromatic nitrogens is 2. The van der Waals surface area contributed by atoms with Crippen LogP contribution in [0, 0.1) is 0 Å². The maximum absolute atomic E-state index is 11.6. The zero-order chi connectivity index (χ0) is 11.0. The number of hydrogen-bond donors (Lipinski definition) is 1. The van der Waals surface area contributed by atoms with Crippen LogP contribution in [0.1, 0.15) is 11.3 Å². The Morgan fingerprint density at radius 2 is 2.44 bits per heavy atom. The third-order valence-electron chi connectivity index (χ3n) is 2.67. The Morgan fingerprint density at radius 3 is 3.19 bits per heavy atom. The van der Waals surface area contributed by atoms with Crippen molar-refractivity contribution in [3.05, 3.63) is 39.8 Å². The van der Waals surface area contributed by atoms with Gasteiger partial charge in [0.1, 0.15) is 0 Å². The van der Waals surface area contributed by atoms with Crippen molar-refractivity contribution in [3.8, 4) is 0 Å². The Balaban J connectivity index is 2.15. The molecular formula is C11H11N3OS. The molecule has 0 spiro atoms. The Kier molecular flexibility index (Phi) is 2.34. The number of rotatable bonds is 1. The summed E-state index contributed by atoms with van der Waals surface area (Å²) in [5.74, 6) is 0. The van der Waals surface area contributed by atoms with Gasteiger partial charge < -0.3 is 5.32 Å². The first-order valence-electron chi connectivity index (χ1n) is 5.22. The highest BCUT2D eigenvalue weighted by atomic mass is 32.1. The monoisotopic (exact) mass is 233 g/mol. The summed E-state index contributed by atoms with van der Waals surface area (Å²) in [7, 11) is 0. The summed E-state index contributed by atoms with van der Waals surface area (Å²) in [6, 6.07) is 1.49. The average Bonchev–Trinajstić information content (AvgIpc) is 2.76. The van der Waals surface area contributed by atoms with Gasteiger partial charge in [0.05, 0.1) is 4.88 Å². The molecule has 0 fully saturated rings. The minimum absolute atomic E-state index is 0.0120. The lowest BCUT2D eigenvalue weighted by atomic mass is 10.1. The molecule has 3 heterocycles. The van der Waals surface area contributed by atoms with E-state index in [1.807, 2.05) is 6.20 Å². The Morgan fingerprint density at radius 1 is 1.50 bits per heavy atom. The molecule has 16 heavy (non-hydrogen) atoms. The first kappa shape index (κ1) is 9.74. The summed E-state index contributed by atoms with van der Waals surface area (Å²) >= 11 is 1.57. The van der Waals surface area contributed by atoms with Crippen molar-refractivity contribution in [2.24, 2.45) is 0 Å². The Bertz CT molecular complexity index is 611. The van der Waals surface area contributed by atoms with E-state index < -0.39 is 0 Å². The topological polar surface area (TPSA) is 46.4 Å². The van der Waals surface area contributed by atoms with Gasteiger partial charge in [-0.1, -0.05) is 17.4 Å². The van der Waals surface area contributed by atoms with E-state index in [0.29, 0.717) is 0 Å². The molecule has 82 valence electrons. The second-order valence-electron chi connectivity index (χ2n) is 3.71. The van der Waals surface area contributed by atoms with Crippen molar-refractivity contribution >= 4 is 21.9 Å². The maximum atomic E-state index is 11.6. The van der Waals surface area contributed by atoms with Crippen molar-refractivity contribution in [1.29, 1.82) is 0 Å². The van der Waals surface area contributed by atoms with Gasteiger partial charge in [0.2, 0.25) is 0 Å². The highest BCUT2D eigenvalue weighted by molar-refractivity contribution is 7.18. The number of hydrogen-bond acceptors (Lipinski definition) is 4. The van der Waals surface area contributed by atoms with Crippen LogP contribution < -0.4 is 10.9 Å². The predicted octanol–water partition coefficient (Wildman–Crippen LogP) is 1.13. The van der Waals surface area contributed by atoms with Crippen molar-refractivity contribution < 1.29 is 0 Å². The Labute approximate surface area is 96.3 Å². The van der Waals surface area contributed by atoms with Crippen molar-refractivity contribution in [2.75, 3.05) is 13.1 Å². The first-order chi connectivity index (χ1) is 7.84. The molecule has 0 radical (unpaired) electrons. The number of thiazole rings is 1. The largest absolute Gasteiger partial charge is 0.313 e. The molecule has 1 aliphatic rings. The van der Waals surface area contributed by atoms with E-state index in [9.17, 15) is 4.79 Å². The molecule has 0 unspecified atom stereocenters. The molecular weight excluding hydrogens is 222 g/mol. The Hall–Kier alpha value is -1.46. The van der Waals surface area contributed by atoms with Crippen molar-refractivity contribution in [3.63, 3.8) is 0 Å². The minimum atomic E-state index is -0.0120. The van der Waals surface area contributed by atoms with Gasteiger partial charge in [-0.25, -0.2) is 4.98 Å². The SMILES string of the molecule is O=c1ccnc2sc(C3=CCNCC3)cn12. The van der Waals surface area contributed by atoms with Gasteiger partial charge in [-0.05, 0) is 18.5 Å². The van der Waals surface area contributed by atoms with Crippen LogP contribution in [0.5, 0.6) is 0 Å². The van der Waals surface area contributed by atoms with E-state index >= 15 is 0 Å². The summed E-state index contributed by atoms with van der Waals surface area (Å²) in [6.45, 7) is 1.91. The fourth-order valence-corrected chi connectivity index (χ4v) is 2.86. The smallest absolute Gasteiger partial charge is 0.258 e. The van der Waals surface area contributed by atoms with Crippen molar-refractivity contribution in [1.82, 2.24) is 14.7 Å².